The first-order chi connectivity index (χ1) is 3.98. The second-order valence-electron chi connectivity index (χ2n) is 1.49. The van der Waals surface area contributed by atoms with Gasteiger partial charge in [0.15, 0.2) is 6.10 Å². The molecule has 1 atom stereocenters. The predicted molar refractivity (Wildman–Crippen MR) is 26.8 cm³/mol. The maximum absolute atomic E-state index is 11.5. The van der Waals surface area contributed by atoms with Crippen LogP contribution in [0.2, 0.25) is 0 Å². The van der Waals surface area contributed by atoms with Gasteiger partial charge >= 0.3 is 6.18 Å². The molecule has 0 saturated carbocycles. The Balaban J connectivity index is 3.72. The molecule has 0 aromatic heterocycles. The van der Waals surface area contributed by atoms with Crippen LogP contribution in [0.15, 0.2) is 12.8 Å². The van der Waals surface area contributed by atoms with E-state index in [0.717, 1.165) is 13.2 Å². The van der Waals surface area contributed by atoms with E-state index in [1.165, 1.54) is 0 Å². The molecule has 0 heterocycles. The number of alkyl halides is 3. The molecule has 0 spiro atoms. The summed E-state index contributed by atoms with van der Waals surface area (Å²) < 4.78 is 38.4. The van der Waals surface area contributed by atoms with Gasteiger partial charge in [-0.1, -0.05) is 6.58 Å². The number of rotatable bonds is 2. The van der Waals surface area contributed by atoms with Crippen molar-refractivity contribution in [2.24, 2.45) is 0 Å². The molecule has 0 saturated heterocycles. The van der Waals surface area contributed by atoms with Crippen molar-refractivity contribution in [3.63, 3.8) is 0 Å². The van der Waals surface area contributed by atoms with Gasteiger partial charge in [-0.15, -0.1) is 0 Å². The number of halogens is 3. The molecule has 0 aromatic carbocycles. The summed E-state index contributed by atoms with van der Waals surface area (Å²) in [5.41, 5.74) is 0. The van der Waals surface area contributed by atoms with Crippen LogP contribution in [0.4, 0.5) is 13.2 Å². The van der Waals surface area contributed by atoms with Crippen molar-refractivity contribution in [2.75, 3.05) is 0 Å². The first kappa shape index (κ1) is 8.33. The zero-order chi connectivity index (χ0) is 7.49. The lowest BCUT2D eigenvalue weighted by Crippen LogP contribution is -2.26. The Morgan fingerprint density at radius 1 is 1.56 bits per heavy atom. The summed E-state index contributed by atoms with van der Waals surface area (Å²) in [5, 5.41) is 0. The zero-order valence-corrected chi connectivity index (χ0v) is 4.90. The van der Waals surface area contributed by atoms with Crippen LogP contribution in [0.3, 0.4) is 0 Å². The van der Waals surface area contributed by atoms with E-state index in [-0.39, 0.29) is 0 Å². The molecule has 54 valence electrons. The topological polar surface area (TPSA) is 9.23 Å². The van der Waals surface area contributed by atoms with Gasteiger partial charge in [0.05, 0.1) is 6.26 Å². The van der Waals surface area contributed by atoms with E-state index in [1.54, 1.807) is 0 Å². The van der Waals surface area contributed by atoms with Crippen LogP contribution >= 0.6 is 0 Å². The van der Waals surface area contributed by atoms with Crippen molar-refractivity contribution in [1.82, 2.24) is 0 Å². The van der Waals surface area contributed by atoms with Gasteiger partial charge in [-0.25, -0.2) is 0 Å². The molecule has 9 heavy (non-hydrogen) atoms. The molecule has 0 aliphatic heterocycles. The smallest absolute Gasteiger partial charge is 0.425 e. The highest BCUT2D eigenvalue weighted by molar-refractivity contribution is 4.64. The quantitative estimate of drug-likeness (QED) is 0.533. The number of hydrogen-bond donors (Lipinski definition) is 0. The van der Waals surface area contributed by atoms with Crippen molar-refractivity contribution < 1.29 is 17.9 Å². The van der Waals surface area contributed by atoms with Gasteiger partial charge in [-0.2, -0.15) is 13.2 Å². The summed E-state index contributed by atoms with van der Waals surface area (Å²) in [4.78, 5) is 0. The highest BCUT2D eigenvalue weighted by atomic mass is 19.4. The molecular formula is C5H7F3O. The van der Waals surface area contributed by atoms with Gasteiger partial charge in [-0.05, 0) is 6.92 Å². The van der Waals surface area contributed by atoms with Gasteiger partial charge in [0.2, 0.25) is 0 Å². The van der Waals surface area contributed by atoms with E-state index in [4.69, 9.17) is 0 Å². The summed E-state index contributed by atoms with van der Waals surface area (Å²) in [6.07, 6.45) is -5.26. The van der Waals surface area contributed by atoms with E-state index in [0.29, 0.717) is 0 Å². The normalized spacial score (nSPS) is 14.7. The average molecular weight is 140 g/mol. The third-order valence-electron chi connectivity index (χ3n) is 0.761. The second-order valence-corrected chi connectivity index (χ2v) is 1.49. The molecule has 4 heteroatoms. The summed E-state index contributed by atoms with van der Waals surface area (Å²) in [6, 6.07) is 0. The average Bonchev–Trinajstić information content (AvgIpc) is 1.64. The molecule has 0 aliphatic rings. The van der Waals surface area contributed by atoms with E-state index in [9.17, 15) is 13.2 Å². The van der Waals surface area contributed by atoms with E-state index in [1.807, 2.05) is 0 Å². The van der Waals surface area contributed by atoms with Crippen LogP contribution in [0.5, 0.6) is 0 Å². The molecule has 0 fully saturated rings. The molecule has 0 radical (unpaired) electrons. The van der Waals surface area contributed by atoms with Crippen LogP contribution in [0.25, 0.3) is 0 Å². The Hall–Kier alpha value is -0.670. The van der Waals surface area contributed by atoms with Gasteiger partial charge in [0.25, 0.3) is 0 Å². The van der Waals surface area contributed by atoms with Crippen molar-refractivity contribution in [2.45, 2.75) is 19.2 Å². The lowest BCUT2D eigenvalue weighted by atomic mass is 10.4. The van der Waals surface area contributed by atoms with Gasteiger partial charge in [-0.3, -0.25) is 0 Å². The summed E-state index contributed by atoms with van der Waals surface area (Å²) >= 11 is 0. The monoisotopic (exact) mass is 140 g/mol. The molecule has 1 nitrogen and oxygen atoms in total. The molecule has 0 aromatic rings. The minimum absolute atomic E-state index is 0.776. The fourth-order valence-electron chi connectivity index (χ4n) is 0.221. The van der Waals surface area contributed by atoms with Crippen molar-refractivity contribution >= 4 is 0 Å². The van der Waals surface area contributed by atoms with Gasteiger partial charge in [0, 0.05) is 0 Å². The number of ether oxygens (including phenoxy) is 1. The first-order valence-electron chi connectivity index (χ1n) is 2.31. The van der Waals surface area contributed by atoms with Crippen LogP contribution in [-0.4, -0.2) is 12.3 Å². The predicted octanol–water partition coefficient (Wildman–Crippen LogP) is 2.10. The van der Waals surface area contributed by atoms with Crippen LogP contribution in [0.1, 0.15) is 6.92 Å². The fraction of sp³-hybridized carbons (Fsp3) is 0.600. The zero-order valence-electron chi connectivity index (χ0n) is 4.90. The fourth-order valence-corrected chi connectivity index (χ4v) is 0.221. The summed E-state index contributed by atoms with van der Waals surface area (Å²) in [7, 11) is 0. The maximum Gasteiger partial charge on any atom is 0.425 e. The molecule has 0 bridgehead atoms. The SMILES string of the molecule is C=COC(C)C(F)(F)F. The van der Waals surface area contributed by atoms with E-state index >= 15 is 0 Å². The lowest BCUT2D eigenvalue weighted by molar-refractivity contribution is -0.199. The molecular weight excluding hydrogens is 133 g/mol. The standard InChI is InChI=1S/C5H7F3O/c1-3-9-4(2)5(6,7)8/h3-4H,1H2,2H3. The summed E-state index contributed by atoms with van der Waals surface area (Å²) in [5.74, 6) is 0. The van der Waals surface area contributed by atoms with E-state index in [2.05, 4.69) is 11.3 Å². The van der Waals surface area contributed by atoms with Crippen LogP contribution in [-0.2, 0) is 4.74 Å². The molecule has 0 aliphatic carbocycles. The molecule has 0 rings (SSSR count). The maximum atomic E-state index is 11.5. The minimum Gasteiger partial charge on any atom is -0.489 e. The highest BCUT2D eigenvalue weighted by Gasteiger charge is 2.37. The first-order valence-corrected chi connectivity index (χ1v) is 2.31. The minimum atomic E-state index is -4.28. The highest BCUT2D eigenvalue weighted by Crippen LogP contribution is 2.21. The van der Waals surface area contributed by atoms with Crippen molar-refractivity contribution in [1.29, 1.82) is 0 Å². The Bertz CT molecular complexity index is 96.9. The van der Waals surface area contributed by atoms with Gasteiger partial charge < -0.3 is 4.74 Å². The van der Waals surface area contributed by atoms with Crippen molar-refractivity contribution in [3.8, 4) is 0 Å². The largest absolute Gasteiger partial charge is 0.489 e. The molecule has 0 N–H and O–H groups in total. The van der Waals surface area contributed by atoms with E-state index < -0.39 is 12.3 Å². The van der Waals surface area contributed by atoms with Crippen molar-refractivity contribution in [3.05, 3.63) is 12.8 Å². The van der Waals surface area contributed by atoms with Gasteiger partial charge in [0.1, 0.15) is 0 Å². The Morgan fingerprint density at radius 2 is 2.00 bits per heavy atom. The molecule has 1 unspecified atom stereocenters. The van der Waals surface area contributed by atoms with Crippen LogP contribution in [0, 0.1) is 0 Å². The third kappa shape index (κ3) is 3.00. The number of hydrogen-bond acceptors (Lipinski definition) is 1. The molecule has 0 amide bonds. The Labute approximate surface area is 51.1 Å². The van der Waals surface area contributed by atoms with Crippen LogP contribution < -0.4 is 0 Å². The Kier molecular flexibility index (Phi) is 2.55. The third-order valence-corrected chi connectivity index (χ3v) is 0.761. The second kappa shape index (κ2) is 2.75. The summed E-state index contributed by atoms with van der Waals surface area (Å²) in [6.45, 7) is 3.91. The lowest BCUT2D eigenvalue weighted by Gasteiger charge is -2.13. The Morgan fingerprint density at radius 3 is 2.11 bits per heavy atom.